The number of hydrogen-bond donors (Lipinski definition) is 1. The highest BCUT2D eigenvalue weighted by Gasteiger charge is 2.13. The summed E-state index contributed by atoms with van der Waals surface area (Å²) >= 11 is 0. The molecule has 92 valence electrons. The lowest BCUT2D eigenvalue weighted by Crippen LogP contribution is -2.15. The molecule has 0 saturated heterocycles. The van der Waals surface area contributed by atoms with Crippen molar-refractivity contribution in [2.45, 2.75) is 32.1 Å². The van der Waals surface area contributed by atoms with Gasteiger partial charge in [0.1, 0.15) is 0 Å². The number of likely N-dealkylation sites (N-methyl/N-ethyl adjacent to an activating group) is 1. The van der Waals surface area contributed by atoms with Gasteiger partial charge >= 0.3 is 0 Å². The second-order valence-electron chi connectivity index (χ2n) is 4.43. The van der Waals surface area contributed by atoms with E-state index in [1.807, 2.05) is 14.1 Å². The highest BCUT2D eigenvalue weighted by Crippen LogP contribution is 2.18. The van der Waals surface area contributed by atoms with Crippen molar-refractivity contribution in [1.82, 2.24) is 15.0 Å². The summed E-state index contributed by atoms with van der Waals surface area (Å²) in [5.74, 6) is 1.84. The SMILES string of the molecule is CC(CCCN)c1nc(CCN(C)C)no1. The predicted molar refractivity (Wildman–Crippen MR) is 63.3 cm³/mol. The molecular formula is C11H22N4O. The third-order valence-electron chi connectivity index (χ3n) is 2.53. The summed E-state index contributed by atoms with van der Waals surface area (Å²) in [6.07, 6.45) is 2.84. The molecular weight excluding hydrogens is 204 g/mol. The van der Waals surface area contributed by atoms with Gasteiger partial charge in [-0.1, -0.05) is 12.1 Å². The van der Waals surface area contributed by atoms with E-state index in [1.54, 1.807) is 0 Å². The monoisotopic (exact) mass is 226 g/mol. The molecule has 0 fully saturated rings. The quantitative estimate of drug-likeness (QED) is 0.751. The van der Waals surface area contributed by atoms with Gasteiger partial charge in [-0.3, -0.25) is 0 Å². The number of rotatable bonds is 7. The van der Waals surface area contributed by atoms with E-state index < -0.39 is 0 Å². The Balaban J connectivity index is 2.43. The molecule has 0 aromatic carbocycles. The summed E-state index contributed by atoms with van der Waals surface area (Å²) in [6.45, 7) is 3.75. The van der Waals surface area contributed by atoms with Gasteiger partial charge in [0.05, 0.1) is 0 Å². The molecule has 16 heavy (non-hydrogen) atoms. The Morgan fingerprint density at radius 3 is 2.81 bits per heavy atom. The molecule has 0 saturated carbocycles. The first-order valence-corrected chi connectivity index (χ1v) is 5.80. The van der Waals surface area contributed by atoms with Crippen LogP contribution >= 0.6 is 0 Å². The minimum absolute atomic E-state index is 0.309. The van der Waals surface area contributed by atoms with Crippen molar-refractivity contribution in [2.75, 3.05) is 27.2 Å². The summed E-state index contributed by atoms with van der Waals surface area (Å²) in [5, 5.41) is 3.97. The second kappa shape index (κ2) is 6.60. The van der Waals surface area contributed by atoms with Crippen molar-refractivity contribution in [1.29, 1.82) is 0 Å². The number of nitrogens with zero attached hydrogens (tertiary/aromatic N) is 3. The van der Waals surface area contributed by atoms with Gasteiger partial charge in [0.25, 0.3) is 0 Å². The van der Waals surface area contributed by atoms with Crippen molar-refractivity contribution >= 4 is 0 Å². The molecule has 0 radical (unpaired) electrons. The summed E-state index contributed by atoms with van der Waals surface area (Å²) < 4.78 is 5.24. The predicted octanol–water partition coefficient (Wildman–Crippen LogP) is 1.02. The van der Waals surface area contributed by atoms with E-state index >= 15 is 0 Å². The first-order chi connectivity index (χ1) is 7.63. The number of nitrogens with two attached hydrogens (primary N) is 1. The lowest BCUT2D eigenvalue weighted by molar-refractivity contribution is 0.345. The van der Waals surface area contributed by atoms with E-state index in [1.165, 1.54) is 0 Å². The largest absolute Gasteiger partial charge is 0.339 e. The molecule has 0 amide bonds. The summed E-state index contributed by atoms with van der Waals surface area (Å²) in [5.41, 5.74) is 5.47. The van der Waals surface area contributed by atoms with Crippen LogP contribution in [0.3, 0.4) is 0 Å². The fraction of sp³-hybridized carbons (Fsp3) is 0.818. The lowest BCUT2D eigenvalue weighted by atomic mass is 10.1. The standard InChI is InChI=1S/C11H22N4O/c1-9(5-4-7-12)11-13-10(14-16-11)6-8-15(2)3/h9H,4-8,12H2,1-3H3. The minimum Gasteiger partial charge on any atom is -0.339 e. The molecule has 0 aliphatic rings. The minimum atomic E-state index is 0.309. The van der Waals surface area contributed by atoms with Crippen LogP contribution in [0.1, 0.15) is 37.4 Å². The van der Waals surface area contributed by atoms with Crippen LogP contribution in [0.4, 0.5) is 0 Å². The topological polar surface area (TPSA) is 68.2 Å². The molecule has 1 aromatic rings. The molecule has 5 nitrogen and oxygen atoms in total. The third-order valence-corrected chi connectivity index (χ3v) is 2.53. The third kappa shape index (κ3) is 4.28. The summed E-state index contributed by atoms with van der Waals surface area (Å²) in [7, 11) is 4.07. The van der Waals surface area contributed by atoms with Crippen LogP contribution in [0.2, 0.25) is 0 Å². The lowest BCUT2D eigenvalue weighted by Gasteiger charge is -2.05. The van der Waals surface area contributed by atoms with Gasteiger partial charge in [0.2, 0.25) is 5.89 Å². The van der Waals surface area contributed by atoms with Crippen LogP contribution in [-0.2, 0) is 6.42 Å². The van der Waals surface area contributed by atoms with Crippen LogP contribution in [0.5, 0.6) is 0 Å². The molecule has 1 aromatic heterocycles. The fourth-order valence-corrected chi connectivity index (χ4v) is 1.44. The van der Waals surface area contributed by atoms with Crippen LogP contribution in [0.25, 0.3) is 0 Å². The van der Waals surface area contributed by atoms with Crippen molar-refractivity contribution in [3.05, 3.63) is 11.7 Å². The normalized spacial score (nSPS) is 13.3. The van der Waals surface area contributed by atoms with E-state index in [2.05, 4.69) is 22.0 Å². The molecule has 0 bridgehead atoms. The number of aromatic nitrogens is 2. The molecule has 1 atom stereocenters. The van der Waals surface area contributed by atoms with E-state index in [-0.39, 0.29) is 0 Å². The Morgan fingerprint density at radius 1 is 1.44 bits per heavy atom. The van der Waals surface area contributed by atoms with Gasteiger partial charge in [-0.15, -0.1) is 0 Å². The summed E-state index contributed by atoms with van der Waals surface area (Å²) in [4.78, 5) is 6.49. The van der Waals surface area contributed by atoms with Crippen LogP contribution in [0, 0.1) is 0 Å². The molecule has 1 heterocycles. The Morgan fingerprint density at radius 2 is 2.19 bits per heavy atom. The van der Waals surface area contributed by atoms with Crippen molar-refractivity contribution in [3.8, 4) is 0 Å². The zero-order valence-electron chi connectivity index (χ0n) is 10.4. The molecule has 1 unspecified atom stereocenters. The highest BCUT2D eigenvalue weighted by atomic mass is 16.5. The maximum absolute atomic E-state index is 5.47. The number of hydrogen-bond acceptors (Lipinski definition) is 5. The van der Waals surface area contributed by atoms with Crippen LogP contribution in [0.15, 0.2) is 4.52 Å². The Labute approximate surface area is 97.0 Å². The maximum Gasteiger partial charge on any atom is 0.229 e. The average molecular weight is 226 g/mol. The van der Waals surface area contributed by atoms with Crippen molar-refractivity contribution < 1.29 is 4.52 Å². The van der Waals surface area contributed by atoms with E-state index in [0.29, 0.717) is 12.5 Å². The average Bonchev–Trinajstić information content (AvgIpc) is 2.71. The van der Waals surface area contributed by atoms with Gasteiger partial charge in [0.15, 0.2) is 5.82 Å². The summed E-state index contributed by atoms with van der Waals surface area (Å²) in [6, 6.07) is 0. The molecule has 5 heteroatoms. The van der Waals surface area contributed by atoms with Crippen LogP contribution in [-0.4, -0.2) is 42.2 Å². The van der Waals surface area contributed by atoms with Crippen molar-refractivity contribution in [3.63, 3.8) is 0 Å². The zero-order chi connectivity index (χ0) is 12.0. The smallest absolute Gasteiger partial charge is 0.229 e. The fourth-order valence-electron chi connectivity index (χ4n) is 1.44. The Bertz CT molecular complexity index is 298. The second-order valence-corrected chi connectivity index (χ2v) is 4.43. The first-order valence-electron chi connectivity index (χ1n) is 5.80. The van der Waals surface area contributed by atoms with Crippen LogP contribution < -0.4 is 5.73 Å². The van der Waals surface area contributed by atoms with Gasteiger partial charge in [-0.25, -0.2) is 0 Å². The molecule has 0 aliphatic heterocycles. The maximum atomic E-state index is 5.47. The van der Waals surface area contributed by atoms with E-state index in [0.717, 1.165) is 37.5 Å². The first kappa shape index (κ1) is 13.1. The van der Waals surface area contributed by atoms with E-state index in [9.17, 15) is 0 Å². The molecule has 0 spiro atoms. The van der Waals surface area contributed by atoms with Crippen molar-refractivity contribution in [2.24, 2.45) is 5.73 Å². The van der Waals surface area contributed by atoms with Gasteiger partial charge in [-0.2, -0.15) is 4.98 Å². The van der Waals surface area contributed by atoms with E-state index in [4.69, 9.17) is 10.3 Å². The zero-order valence-corrected chi connectivity index (χ0v) is 10.4. The molecule has 2 N–H and O–H groups in total. The molecule has 0 aliphatic carbocycles. The van der Waals surface area contributed by atoms with Gasteiger partial charge in [-0.05, 0) is 33.5 Å². The molecule has 1 rings (SSSR count). The Kier molecular flexibility index (Phi) is 5.42. The van der Waals surface area contributed by atoms with Gasteiger partial charge < -0.3 is 15.2 Å². The van der Waals surface area contributed by atoms with Gasteiger partial charge in [0, 0.05) is 18.9 Å². The Hall–Kier alpha value is -0.940. The highest BCUT2D eigenvalue weighted by molar-refractivity contribution is 4.92.